The van der Waals surface area contributed by atoms with E-state index in [1.165, 1.54) is 20.5 Å². The largest absolute Gasteiger partial charge is 0.495 e. The van der Waals surface area contributed by atoms with E-state index in [0.29, 0.717) is 16.4 Å². The van der Waals surface area contributed by atoms with Crippen LogP contribution in [0.5, 0.6) is 5.75 Å². The van der Waals surface area contributed by atoms with Crippen LogP contribution in [0.1, 0.15) is 5.56 Å². The van der Waals surface area contributed by atoms with E-state index in [9.17, 15) is 4.79 Å². The number of methoxy groups -OCH3 is 2. The van der Waals surface area contributed by atoms with Crippen LogP contribution in [0, 0.1) is 0 Å². The first kappa shape index (κ1) is 11.8. The van der Waals surface area contributed by atoms with Gasteiger partial charge in [-0.25, -0.2) is 0 Å². The van der Waals surface area contributed by atoms with Gasteiger partial charge < -0.3 is 13.9 Å². The molecule has 0 aliphatic rings. The highest BCUT2D eigenvalue weighted by Crippen LogP contribution is 2.32. The molecule has 0 spiro atoms. The van der Waals surface area contributed by atoms with Gasteiger partial charge in [0.25, 0.3) is 0 Å². The summed E-state index contributed by atoms with van der Waals surface area (Å²) >= 11 is 5.97. The maximum absolute atomic E-state index is 11.2. The van der Waals surface area contributed by atoms with Gasteiger partial charge in [-0.15, -0.1) is 0 Å². The summed E-state index contributed by atoms with van der Waals surface area (Å²) in [6.45, 7) is 0. The lowest BCUT2D eigenvalue weighted by Crippen LogP contribution is -2.03. The number of hydrogen-bond donors (Lipinski definition) is 0. The van der Waals surface area contributed by atoms with Crippen LogP contribution in [-0.4, -0.2) is 20.2 Å². The van der Waals surface area contributed by atoms with Gasteiger partial charge in [0.2, 0.25) is 0 Å². The lowest BCUT2D eigenvalue weighted by Gasteiger charge is -2.03. The molecule has 1 aromatic carbocycles. The summed E-state index contributed by atoms with van der Waals surface area (Å²) in [5.41, 5.74) is 1.37. The van der Waals surface area contributed by atoms with Crippen LogP contribution in [0.15, 0.2) is 22.8 Å². The fourth-order valence-electron chi connectivity index (χ4n) is 1.60. The van der Waals surface area contributed by atoms with Crippen molar-refractivity contribution in [2.45, 2.75) is 6.42 Å². The number of carbonyl (C=O) groups is 1. The topological polar surface area (TPSA) is 48.7 Å². The number of ether oxygens (including phenoxy) is 2. The third kappa shape index (κ3) is 2.22. The molecule has 0 amide bonds. The van der Waals surface area contributed by atoms with Crippen LogP contribution in [0.4, 0.5) is 0 Å². The Morgan fingerprint density at radius 2 is 2.18 bits per heavy atom. The molecule has 1 heterocycles. The minimum absolute atomic E-state index is 0.161. The normalized spacial score (nSPS) is 10.5. The number of hydrogen-bond acceptors (Lipinski definition) is 4. The van der Waals surface area contributed by atoms with E-state index >= 15 is 0 Å². The van der Waals surface area contributed by atoms with Crippen LogP contribution in [-0.2, 0) is 16.0 Å². The Morgan fingerprint density at radius 3 is 2.82 bits per heavy atom. The first-order valence-electron chi connectivity index (χ1n) is 4.96. The maximum Gasteiger partial charge on any atom is 0.310 e. The van der Waals surface area contributed by atoms with Crippen molar-refractivity contribution in [1.29, 1.82) is 0 Å². The first-order valence-corrected chi connectivity index (χ1v) is 5.34. The smallest absolute Gasteiger partial charge is 0.310 e. The van der Waals surface area contributed by atoms with Crippen molar-refractivity contribution in [2.24, 2.45) is 0 Å². The van der Waals surface area contributed by atoms with Crippen LogP contribution in [0.3, 0.4) is 0 Å². The van der Waals surface area contributed by atoms with E-state index in [0.717, 1.165) is 10.9 Å². The van der Waals surface area contributed by atoms with Gasteiger partial charge >= 0.3 is 5.97 Å². The van der Waals surface area contributed by atoms with E-state index in [2.05, 4.69) is 4.74 Å². The highest BCUT2D eigenvalue weighted by Gasteiger charge is 2.13. The number of carbonyl (C=O) groups excluding carboxylic acids is 1. The third-order valence-corrected chi connectivity index (χ3v) is 2.79. The average molecular weight is 255 g/mol. The highest BCUT2D eigenvalue weighted by atomic mass is 35.5. The van der Waals surface area contributed by atoms with Crippen molar-refractivity contribution in [3.63, 3.8) is 0 Å². The minimum Gasteiger partial charge on any atom is -0.495 e. The molecule has 0 radical (unpaired) electrons. The second kappa shape index (κ2) is 4.67. The second-order valence-electron chi connectivity index (χ2n) is 3.50. The van der Waals surface area contributed by atoms with Crippen LogP contribution in [0.2, 0.25) is 5.02 Å². The molecule has 0 bridgehead atoms. The molecule has 0 aliphatic carbocycles. The molecule has 17 heavy (non-hydrogen) atoms. The van der Waals surface area contributed by atoms with Crippen LogP contribution >= 0.6 is 11.6 Å². The molecule has 90 valence electrons. The zero-order valence-corrected chi connectivity index (χ0v) is 10.2. The summed E-state index contributed by atoms with van der Waals surface area (Å²) in [7, 11) is 2.88. The molecular weight excluding hydrogens is 244 g/mol. The molecule has 5 heteroatoms. The third-order valence-electron chi connectivity index (χ3n) is 2.49. The molecule has 0 N–H and O–H groups in total. The Bertz CT molecular complexity index is 559. The number of rotatable bonds is 3. The van der Waals surface area contributed by atoms with Gasteiger partial charge in [-0.3, -0.25) is 4.79 Å². The quantitative estimate of drug-likeness (QED) is 0.791. The molecule has 0 saturated carbocycles. The molecule has 1 aromatic heterocycles. The van der Waals surface area contributed by atoms with Crippen molar-refractivity contribution in [3.05, 3.63) is 29.0 Å². The van der Waals surface area contributed by atoms with Crippen LogP contribution in [0.25, 0.3) is 11.0 Å². The Balaban J connectivity index is 2.48. The SMILES string of the molecule is COC(=O)Cc1coc2cc(Cl)c(OC)cc12. The maximum atomic E-state index is 11.2. The monoisotopic (exact) mass is 254 g/mol. The van der Waals surface area contributed by atoms with Crippen LogP contribution < -0.4 is 4.74 Å². The fourth-order valence-corrected chi connectivity index (χ4v) is 1.83. The predicted octanol–water partition coefficient (Wildman–Crippen LogP) is 2.81. The predicted molar refractivity (Wildman–Crippen MR) is 63.5 cm³/mol. The molecule has 0 fully saturated rings. The lowest BCUT2D eigenvalue weighted by atomic mass is 10.1. The average Bonchev–Trinajstić information content (AvgIpc) is 2.70. The molecule has 0 saturated heterocycles. The lowest BCUT2D eigenvalue weighted by molar-refractivity contribution is -0.139. The van der Waals surface area contributed by atoms with Gasteiger partial charge in [0, 0.05) is 17.0 Å². The zero-order chi connectivity index (χ0) is 12.4. The minimum atomic E-state index is -0.318. The van der Waals surface area contributed by atoms with E-state index in [4.69, 9.17) is 20.8 Å². The van der Waals surface area contributed by atoms with Gasteiger partial charge in [0.1, 0.15) is 11.3 Å². The molecule has 2 aromatic rings. The van der Waals surface area contributed by atoms with Gasteiger partial charge in [-0.1, -0.05) is 11.6 Å². The molecule has 0 atom stereocenters. The molecule has 0 unspecified atom stereocenters. The standard InChI is InChI=1S/C12H11ClO4/c1-15-11-4-8-7(3-12(14)16-2)6-17-10(8)5-9(11)13/h4-6H,3H2,1-2H3. The fraction of sp³-hybridized carbons (Fsp3) is 0.250. The van der Waals surface area contributed by atoms with Crippen molar-refractivity contribution < 1.29 is 18.7 Å². The zero-order valence-electron chi connectivity index (χ0n) is 9.45. The number of benzene rings is 1. The highest BCUT2D eigenvalue weighted by molar-refractivity contribution is 6.32. The van der Waals surface area contributed by atoms with Crippen molar-refractivity contribution in [2.75, 3.05) is 14.2 Å². The summed E-state index contributed by atoms with van der Waals surface area (Å²) in [5.74, 6) is 0.230. The van der Waals surface area contributed by atoms with E-state index in [1.807, 2.05) is 0 Å². The van der Waals surface area contributed by atoms with Crippen molar-refractivity contribution >= 4 is 28.5 Å². The summed E-state index contributed by atoms with van der Waals surface area (Å²) < 4.78 is 15.1. The summed E-state index contributed by atoms with van der Waals surface area (Å²) in [6, 6.07) is 3.41. The van der Waals surface area contributed by atoms with Gasteiger partial charge in [-0.05, 0) is 6.07 Å². The Hall–Kier alpha value is -1.68. The summed E-state index contributed by atoms with van der Waals surface area (Å²) in [5, 5.41) is 1.27. The first-order chi connectivity index (χ1) is 8.15. The summed E-state index contributed by atoms with van der Waals surface area (Å²) in [4.78, 5) is 11.2. The molecular formula is C12H11ClO4. The Morgan fingerprint density at radius 1 is 1.41 bits per heavy atom. The molecule has 4 nitrogen and oxygen atoms in total. The molecule has 2 rings (SSSR count). The number of halogens is 1. The number of fused-ring (bicyclic) bond motifs is 1. The van der Waals surface area contributed by atoms with E-state index in [1.54, 1.807) is 12.1 Å². The number of esters is 1. The molecule has 0 aliphatic heterocycles. The van der Waals surface area contributed by atoms with E-state index in [-0.39, 0.29) is 12.4 Å². The van der Waals surface area contributed by atoms with Crippen molar-refractivity contribution in [1.82, 2.24) is 0 Å². The Labute approximate surface area is 103 Å². The number of furan rings is 1. The van der Waals surface area contributed by atoms with Gasteiger partial charge in [-0.2, -0.15) is 0 Å². The van der Waals surface area contributed by atoms with E-state index < -0.39 is 0 Å². The van der Waals surface area contributed by atoms with Gasteiger partial charge in [0.15, 0.2) is 0 Å². The Kier molecular flexibility index (Phi) is 3.24. The summed E-state index contributed by atoms with van der Waals surface area (Å²) in [6.07, 6.45) is 1.69. The second-order valence-corrected chi connectivity index (χ2v) is 3.90. The van der Waals surface area contributed by atoms with Crippen molar-refractivity contribution in [3.8, 4) is 5.75 Å². The van der Waals surface area contributed by atoms with Gasteiger partial charge in [0.05, 0.1) is 31.9 Å².